The van der Waals surface area contributed by atoms with Crippen molar-refractivity contribution in [3.63, 3.8) is 0 Å². The van der Waals surface area contributed by atoms with Crippen LogP contribution in [0.2, 0.25) is 39.3 Å². The first-order valence-electron chi connectivity index (χ1n) is 24.0. The van der Waals surface area contributed by atoms with Crippen molar-refractivity contribution in [1.82, 2.24) is 9.55 Å². The lowest BCUT2D eigenvalue weighted by Gasteiger charge is -2.25. The average Bonchev–Trinajstić information content (AvgIpc) is 3.85. The monoisotopic (exact) mass is 896 g/mol. The van der Waals surface area contributed by atoms with Crippen LogP contribution in [0.4, 0.5) is 0 Å². The van der Waals surface area contributed by atoms with E-state index in [1.165, 1.54) is 71.6 Å². The Bertz CT molecular complexity index is 3470. The summed E-state index contributed by atoms with van der Waals surface area (Å²) < 4.78 is 9.64. The van der Waals surface area contributed by atoms with Gasteiger partial charge >= 0.3 is 0 Å². The maximum absolute atomic E-state index is 7.19. The Morgan fingerprint density at radius 2 is 1.11 bits per heavy atom. The summed E-state index contributed by atoms with van der Waals surface area (Å²) in [5.41, 5.74) is 14.9. The number of fused-ring (bicyclic) bond motifs is 7. The number of imidazole rings is 1. The van der Waals surface area contributed by atoms with E-state index in [1.807, 2.05) is 0 Å². The van der Waals surface area contributed by atoms with Gasteiger partial charge in [0, 0.05) is 10.8 Å². The smallest absolute Gasteiger partial charge is 0.149 e. The van der Waals surface area contributed by atoms with Gasteiger partial charge in [-0.2, -0.15) is 0 Å². The van der Waals surface area contributed by atoms with Crippen LogP contribution in [0, 0.1) is 0 Å². The van der Waals surface area contributed by atoms with Gasteiger partial charge in [-0.3, -0.25) is 4.57 Å². The summed E-state index contributed by atoms with van der Waals surface area (Å²) in [6, 6.07) is 52.7. The number of benzene rings is 8. The van der Waals surface area contributed by atoms with Crippen LogP contribution in [0.1, 0.15) is 77.0 Å². The van der Waals surface area contributed by atoms with Gasteiger partial charge in [0.2, 0.25) is 0 Å². The zero-order chi connectivity index (χ0) is 46.6. The molecule has 0 N–H and O–H groups in total. The summed E-state index contributed by atoms with van der Waals surface area (Å²) in [6.07, 6.45) is 0. The molecule has 0 amide bonds. The minimum atomic E-state index is -1.52. The molecule has 0 radical (unpaired) electrons. The number of aromatic nitrogens is 2. The fourth-order valence-corrected chi connectivity index (χ4v) is 12.6. The summed E-state index contributed by atoms with van der Waals surface area (Å²) in [5.74, 6) is 1.38. The zero-order valence-corrected chi connectivity index (χ0v) is 43.2. The lowest BCUT2D eigenvalue weighted by atomic mass is 9.83. The highest BCUT2D eigenvalue weighted by molar-refractivity contribution is 6.91. The van der Waals surface area contributed by atoms with E-state index in [-0.39, 0.29) is 17.3 Å². The molecule has 10 aromatic rings. The number of hydrogen-bond acceptors (Lipinski definition) is 2. The topological polar surface area (TPSA) is 31.0 Å². The highest BCUT2D eigenvalue weighted by atomic mass is 28.3. The van der Waals surface area contributed by atoms with Gasteiger partial charge in [0.15, 0.2) is 0 Å². The summed E-state index contributed by atoms with van der Waals surface area (Å²) in [7, 11) is -3.03. The highest BCUT2D eigenvalue weighted by Gasteiger charge is 2.29. The molecule has 5 heteroatoms. The first-order valence-corrected chi connectivity index (χ1v) is 31.0. The number of furan rings is 1. The number of para-hydroxylation sites is 2. The van der Waals surface area contributed by atoms with Crippen molar-refractivity contribution in [2.45, 2.75) is 105 Å². The van der Waals surface area contributed by atoms with Gasteiger partial charge in [-0.25, -0.2) is 4.98 Å². The zero-order valence-electron chi connectivity index (χ0n) is 41.2. The van der Waals surface area contributed by atoms with E-state index in [2.05, 4.69) is 232 Å². The summed E-state index contributed by atoms with van der Waals surface area (Å²) in [5, 5.41) is 10.3. The number of nitrogens with zero attached hydrogens (tertiary/aromatic N) is 2. The van der Waals surface area contributed by atoms with Gasteiger partial charge in [-0.05, 0) is 120 Å². The van der Waals surface area contributed by atoms with Crippen molar-refractivity contribution in [3.8, 4) is 39.3 Å². The Hall–Kier alpha value is -6.02. The van der Waals surface area contributed by atoms with E-state index >= 15 is 0 Å². The molecule has 0 spiro atoms. The van der Waals surface area contributed by atoms with Crippen LogP contribution in [0.5, 0.6) is 0 Å². The van der Waals surface area contributed by atoms with E-state index in [9.17, 15) is 0 Å². The largest absolute Gasteiger partial charge is 0.455 e. The third-order valence-electron chi connectivity index (χ3n) is 13.9. The SMILES string of the molecule is CC(C)c1cc(-c2ccc(-c3cc([Si](C)(C)C)cc([Si](C)(C)C)c3)cc2)cc(C(C)C)c1-n1c(-c2ccc(C(C)(C)C)c3c2oc2cc4c(ccc5ccccc54)cc23)nc2ccccc21. The molecule has 0 bridgehead atoms. The van der Waals surface area contributed by atoms with Crippen LogP contribution in [0.3, 0.4) is 0 Å². The molecule has 0 fully saturated rings. The molecule has 0 saturated heterocycles. The maximum atomic E-state index is 7.19. The molecule has 0 atom stereocenters. The molecular formula is C61H64N2OSi2. The van der Waals surface area contributed by atoms with Gasteiger partial charge in [0.25, 0.3) is 0 Å². The van der Waals surface area contributed by atoms with Gasteiger partial charge in [0.1, 0.15) is 17.0 Å². The summed E-state index contributed by atoms with van der Waals surface area (Å²) in [4.78, 5) is 5.54. The van der Waals surface area contributed by atoms with Gasteiger partial charge in [-0.15, -0.1) is 0 Å². The Balaban J connectivity index is 1.18. The van der Waals surface area contributed by atoms with Gasteiger partial charge < -0.3 is 4.42 Å². The number of rotatable bonds is 8. The Labute approximate surface area is 393 Å². The second kappa shape index (κ2) is 15.8. The molecule has 2 aromatic heterocycles. The molecule has 0 saturated carbocycles. The lowest BCUT2D eigenvalue weighted by Crippen LogP contribution is -2.45. The van der Waals surface area contributed by atoms with E-state index in [0.717, 1.165) is 39.0 Å². The predicted molar refractivity (Wildman–Crippen MR) is 293 cm³/mol. The van der Waals surface area contributed by atoms with Crippen LogP contribution >= 0.6 is 0 Å². The Kier molecular flexibility index (Phi) is 10.5. The fourth-order valence-electron chi connectivity index (χ4n) is 10.1. The molecule has 66 heavy (non-hydrogen) atoms. The quantitative estimate of drug-likeness (QED) is 0.112. The third kappa shape index (κ3) is 7.54. The normalized spacial score (nSPS) is 12.9. The first-order chi connectivity index (χ1) is 31.3. The Morgan fingerprint density at radius 3 is 1.71 bits per heavy atom. The second-order valence-corrected chi connectivity index (χ2v) is 32.7. The first kappa shape index (κ1) is 43.9. The van der Waals surface area contributed by atoms with E-state index in [4.69, 9.17) is 9.40 Å². The molecular weight excluding hydrogens is 833 g/mol. The van der Waals surface area contributed by atoms with E-state index < -0.39 is 16.1 Å². The maximum Gasteiger partial charge on any atom is 0.149 e. The average molecular weight is 897 g/mol. The van der Waals surface area contributed by atoms with E-state index in [0.29, 0.717) is 0 Å². The van der Waals surface area contributed by atoms with Crippen molar-refractivity contribution in [3.05, 3.63) is 156 Å². The Morgan fingerprint density at radius 1 is 0.530 bits per heavy atom. The minimum absolute atomic E-state index is 0.120. The number of hydrogen-bond donors (Lipinski definition) is 0. The van der Waals surface area contributed by atoms with Crippen LogP contribution in [0.15, 0.2) is 144 Å². The van der Waals surface area contributed by atoms with Crippen LogP contribution in [-0.2, 0) is 5.41 Å². The highest BCUT2D eigenvalue weighted by Crippen LogP contribution is 2.46. The second-order valence-electron chi connectivity index (χ2n) is 22.5. The summed E-state index contributed by atoms with van der Waals surface area (Å²) >= 11 is 0. The summed E-state index contributed by atoms with van der Waals surface area (Å²) in [6.45, 7) is 31.0. The van der Waals surface area contributed by atoms with Crippen molar-refractivity contribution in [2.75, 3.05) is 0 Å². The molecule has 3 nitrogen and oxygen atoms in total. The molecule has 332 valence electrons. The minimum Gasteiger partial charge on any atom is -0.455 e. The van der Waals surface area contributed by atoms with Crippen molar-refractivity contribution in [2.24, 2.45) is 0 Å². The lowest BCUT2D eigenvalue weighted by molar-refractivity contribution is 0.595. The van der Waals surface area contributed by atoms with Crippen molar-refractivity contribution in [1.29, 1.82) is 0 Å². The van der Waals surface area contributed by atoms with Crippen molar-refractivity contribution < 1.29 is 4.42 Å². The van der Waals surface area contributed by atoms with Crippen molar-refractivity contribution >= 4 is 81.0 Å². The van der Waals surface area contributed by atoms with Gasteiger partial charge in [-0.1, -0.05) is 195 Å². The molecule has 8 aromatic carbocycles. The fraction of sp³-hybridized carbons (Fsp3) is 0.262. The van der Waals surface area contributed by atoms with Crippen LogP contribution in [0.25, 0.3) is 93.8 Å². The molecule has 0 aliphatic heterocycles. The van der Waals surface area contributed by atoms with Gasteiger partial charge in [0.05, 0.1) is 38.4 Å². The van der Waals surface area contributed by atoms with Crippen LogP contribution in [-0.4, -0.2) is 25.7 Å². The standard InChI is InChI=1S/C61H64N2OSi2/c1-37(2)49-33-44(40-24-22-39(23-25-40)43-30-45(65(8,9)10)35-46(31-43)66(11,12)13)34-50(38(3)4)58(49)63-55-21-17-16-20-54(55)62-60(63)48-28-29-53(61(5,6)7)57-52-32-42-27-26-41-18-14-15-19-47(41)51(42)36-56(52)64-59(48)57/h14-38H,1-13H3. The predicted octanol–water partition coefficient (Wildman–Crippen LogP) is 16.9. The molecule has 0 unspecified atom stereocenters. The molecule has 0 aliphatic rings. The third-order valence-corrected chi connectivity index (χ3v) is 18.0. The molecule has 10 rings (SSSR count). The van der Waals surface area contributed by atoms with Crippen LogP contribution < -0.4 is 10.4 Å². The molecule has 0 aliphatic carbocycles. The van der Waals surface area contributed by atoms with E-state index in [1.54, 1.807) is 10.4 Å². The molecule has 2 heterocycles.